The average molecular weight is 242 g/mol. The monoisotopic (exact) mass is 242 g/mol. The van der Waals surface area contributed by atoms with Gasteiger partial charge in [0.05, 0.1) is 0 Å². The van der Waals surface area contributed by atoms with E-state index in [0.29, 0.717) is 5.41 Å². The van der Waals surface area contributed by atoms with Crippen molar-refractivity contribution in [2.75, 3.05) is 0 Å². The van der Waals surface area contributed by atoms with Gasteiger partial charge in [-0.05, 0) is 84.9 Å². The Labute approximate surface area is 111 Å². The van der Waals surface area contributed by atoms with Crippen LogP contribution in [-0.4, -0.2) is 0 Å². The van der Waals surface area contributed by atoms with E-state index in [1.165, 1.54) is 6.42 Å². The molecule has 0 saturated heterocycles. The largest absolute Gasteiger partial charge is 0.0848 e. The number of rotatable bonds is 0. The van der Waals surface area contributed by atoms with Gasteiger partial charge in [0, 0.05) is 0 Å². The minimum Gasteiger partial charge on any atom is -0.0848 e. The van der Waals surface area contributed by atoms with E-state index in [9.17, 15) is 0 Å². The van der Waals surface area contributed by atoms with Crippen LogP contribution in [0.1, 0.15) is 46.0 Å². The van der Waals surface area contributed by atoms with Gasteiger partial charge >= 0.3 is 0 Å². The smallest absolute Gasteiger partial charge is 0.0196 e. The Kier molecular flexibility index (Phi) is 1.80. The second kappa shape index (κ2) is 3.07. The van der Waals surface area contributed by atoms with Crippen molar-refractivity contribution in [3.63, 3.8) is 0 Å². The van der Waals surface area contributed by atoms with E-state index in [2.05, 4.69) is 26.0 Å². The highest BCUT2D eigenvalue weighted by atomic mass is 14.7. The topological polar surface area (TPSA) is 0 Å². The van der Waals surface area contributed by atoms with Crippen LogP contribution < -0.4 is 0 Å². The molecule has 18 heavy (non-hydrogen) atoms. The first-order chi connectivity index (χ1) is 8.63. The van der Waals surface area contributed by atoms with Crippen molar-refractivity contribution in [1.82, 2.24) is 0 Å². The molecule has 4 saturated carbocycles. The third-order valence-corrected chi connectivity index (χ3v) is 7.91. The van der Waals surface area contributed by atoms with Crippen LogP contribution >= 0.6 is 0 Å². The van der Waals surface area contributed by atoms with Crippen LogP contribution in [0.15, 0.2) is 12.2 Å². The molecule has 0 heteroatoms. The molecular weight excluding hydrogens is 216 g/mol. The van der Waals surface area contributed by atoms with Crippen LogP contribution in [0.5, 0.6) is 0 Å². The summed E-state index contributed by atoms with van der Waals surface area (Å²) in [6, 6.07) is 0. The van der Waals surface area contributed by atoms with Crippen LogP contribution in [0.2, 0.25) is 0 Å². The normalized spacial score (nSPS) is 62.1. The highest BCUT2D eigenvalue weighted by molar-refractivity contribution is 5.18. The van der Waals surface area contributed by atoms with Gasteiger partial charge in [0.25, 0.3) is 0 Å². The third kappa shape index (κ3) is 1.10. The minimum absolute atomic E-state index is 0.673. The molecule has 4 fully saturated rings. The molecule has 5 rings (SSSR count). The van der Waals surface area contributed by atoms with Gasteiger partial charge in [-0.25, -0.2) is 0 Å². The van der Waals surface area contributed by atoms with Gasteiger partial charge in [-0.15, -0.1) is 0 Å². The number of allylic oxidation sites excluding steroid dienone is 2. The summed E-state index contributed by atoms with van der Waals surface area (Å²) in [4.78, 5) is 0. The van der Waals surface area contributed by atoms with Crippen molar-refractivity contribution in [3.8, 4) is 0 Å². The van der Waals surface area contributed by atoms with Crippen molar-refractivity contribution in [2.24, 2.45) is 52.8 Å². The summed E-state index contributed by atoms with van der Waals surface area (Å²) < 4.78 is 0. The fourth-order valence-electron chi connectivity index (χ4n) is 7.35. The minimum atomic E-state index is 0.673. The second-order valence-corrected chi connectivity index (χ2v) is 8.87. The van der Waals surface area contributed by atoms with Crippen LogP contribution in [0, 0.1) is 52.8 Å². The Balaban J connectivity index is 1.48. The molecule has 0 amide bonds. The Morgan fingerprint density at radius 2 is 1.44 bits per heavy atom. The molecule has 5 aliphatic rings. The van der Waals surface area contributed by atoms with Crippen molar-refractivity contribution in [2.45, 2.75) is 46.0 Å². The third-order valence-electron chi connectivity index (χ3n) is 7.91. The van der Waals surface area contributed by atoms with E-state index in [0.717, 1.165) is 47.3 Å². The molecule has 0 aromatic rings. The van der Waals surface area contributed by atoms with Crippen molar-refractivity contribution in [1.29, 1.82) is 0 Å². The van der Waals surface area contributed by atoms with Crippen LogP contribution in [0.4, 0.5) is 0 Å². The van der Waals surface area contributed by atoms with Gasteiger partial charge in [-0.2, -0.15) is 0 Å². The lowest BCUT2D eigenvalue weighted by molar-refractivity contribution is 0.0133. The van der Waals surface area contributed by atoms with Crippen molar-refractivity contribution < 1.29 is 0 Å². The maximum absolute atomic E-state index is 2.57. The zero-order chi connectivity index (χ0) is 12.1. The Morgan fingerprint density at radius 3 is 2.17 bits per heavy atom. The summed E-state index contributed by atoms with van der Waals surface area (Å²) in [6.45, 7) is 5.11. The Bertz CT molecular complexity index is 418. The summed E-state index contributed by atoms with van der Waals surface area (Å²) in [7, 11) is 0. The molecule has 0 spiro atoms. The predicted octanol–water partition coefficient (Wildman–Crippen LogP) is 4.52. The van der Waals surface area contributed by atoms with Gasteiger partial charge in [0.2, 0.25) is 0 Å². The first kappa shape index (κ1) is 10.5. The first-order valence-corrected chi connectivity index (χ1v) is 8.32. The number of fused-ring (bicyclic) bond motifs is 10. The second-order valence-electron chi connectivity index (χ2n) is 8.87. The fourth-order valence-corrected chi connectivity index (χ4v) is 7.35. The fraction of sp³-hybridized carbons (Fsp3) is 0.889. The molecule has 7 unspecified atom stereocenters. The molecule has 0 heterocycles. The molecule has 0 nitrogen and oxygen atoms in total. The molecule has 0 aromatic carbocycles. The zero-order valence-electron chi connectivity index (χ0n) is 11.8. The zero-order valence-corrected chi connectivity index (χ0v) is 11.8. The van der Waals surface area contributed by atoms with E-state index in [1.54, 1.807) is 25.7 Å². The SMILES string of the molecule is CC1(C)CC2CC1C1CC3C4C=CC(C4)[C@@H]3CC21. The standard InChI is InChI=1S/C18H26/c1-18(2)9-12-6-17(18)16-8-14-11-4-3-10(5-11)13(14)7-15(12)16/h3-4,10-17H,5-9H2,1-2H3/t10?,11?,12?,13-,14?,15?,16?,17?/m0/s1. The average Bonchev–Trinajstić information content (AvgIpc) is 3.03. The highest BCUT2D eigenvalue weighted by Crippen LogP contribution is 2.68. The number of hydrogen-bond acceptors (Lipinski definition) is 0. The molecule has 98 valence electrons. The van der Waals surface area contributed by atoms with Gasteiger partial charge in [-0.1, -0.05) is 26.0 Å². The molecule has 0 aromatic heterocycles. The summed E-state index contributed by atoms with van der Waals surface area (Å²) in [5.74, 6) is 8.62. The van der Waals surface area contributed by atoms with E-state index >= 15 is 0 Å². The number of hydrogen-bond donors (Lipinski definition) is 0. The molecule has 0 radical (unpaired) electrons. The first-order valence-electron chi connectivity index (χ1n) is 8.32. The highest BCUT2D eigenvalue weighted by Gasteiger charge is 2.61. The van der Waals surface area contributed by atoms with Crippen molar-refractivity contribution >= 4 is 0 Å². The molecular formula is C18H26. The lowest BCUT2D eigenvalue weighted by atomic mass is 9.56. The van der Waals surface area contributed by atoms with Gasteiger partial charge < -0.3 is 0 Å². The lowest BCUT2D eigenvalue weighted by Gasteiger charge is -2.48. The van der Waals surface area contributed by atoms with Crippen molar-refractivity contribution in [3.05, 3.63) is 12.2 Å². The van der Waals surface area contributed by atoms with Gasteiger partial charge in [0.1, 0.15) is 0 Å². The summed E-state index contributed by atoms with van der Waals surface area (Å²) in [5, 5.41) is 0. The van der Waals surface area contributed by atoms with E-state index in [1.807, 2.05) is 0 Å². The van der Waals surface area contributed by atoms with Gasteiger partial charge in [0.15, 0.2) is 0 Å². The van der Waals surface area contributed by atoms with Crippen LogP contribution in [-0.2, 0) is 0 Å². The van der Waals surface area contributed by atoms with Gasteiger partial charge in [-0.3, -0.25) is 0 Å². The Morgan fingerprint density at radius 1 is 0.778 bits per heavy atom. The summed E-state index contributed by atoms with van der Waals surface area (Å²) >= 11 is 0. The van der Waals surface area contributed by atoms with Crippen LogP contribution in [0.3, 0.4) is 0 Å². The Hall–Kier alpha value is -0.260. The maximum Gasteiger partial charge on any atom is -0.0196 e. The maximum atomic E-state index is 2.57. The van der Waals surface area contributed by atoms with Crippen LogP contribution in [0.25, 0.3) is 0 Å². The summed E-state index contributed by atoms with van der Waals surface area (Å²) in [5.41, 5.74) is 0.673. The quantitative estimate of drug-likeness (QED) is 0.548. The lowest BCUT2D eigenvalue weighted by Crippen LogP contribution is -2.41. The summed E-state index contributed by atoms with van der Waals surface area (Å²) in [6.07, 6.45) is 13.0. The van der Waals surface area contributed by atoms with E-state index < -0.39 is 0 Å². The molecule has 8 atom stereocenters. The van der Waals surface area contributed by atoms with E-state index in [4.69, 9.17) is 0 Å². The molecule has 0 aliphatic heterocycles. The van der Waals surface area contributed by atoms with E-state index in [-0.39, 0.29) is 0 Å². The molecule has 5 aliphatic carbocycles. The molecule has 0 N–H and O–H groups in total. The predicted molar refractivity (Wildman–Crippen MR) is 73.9 cm³/mol. The molecule has 4 bridgehead atoms.